The predicted octanol–water partition coefficient (Wildman–Crippen LogP) is 1.93. The highest BCUT2D eigenvalue weighted by Crippen LogP contribution is 2.28. The molecule has 29 heavy (non-hydrogen) atoms. The van der Waals surface area contributed by atoms with Crippen molar-refractivity contribution in [1.82, 2.24) is 10.6 Å². The van der Waals surface area contributed by atoms with Gasteiger partial charge in [-0.1, -0.05) is 40.6 Å². The van der Waals surface area contributed by atoms with Crippen molar-refractivity contribution < 1.29 is 19.1 Å². The van der Waals surface area contributed by atoms with Crippen LogP contribution in [-0.2, 0) is 25.7 Å². The summed E-state index contributed by atoms with van der Waals surface area (Å²) in [5.41, 5.74) is 18.8. The number of benzene rings is 1. The number of azide groups is 2. The number of nitrogens with one attached hydrogen (secondary N) is 2. The molecule has 2 rings (SSSR count). The minimum absolute atomic E-state index is 0.00839. The molecule has 0 bridgehead atoms. The number of carbonyl (C=O) groups is 2. The van der Waals surface area contributed by atoms with Crippen molar-refractivity contribution in [3.05, 3.63) is 56.8 Å². The molecular weight excluding hydrogens is 380 g/mol. The molecule has 1 aromatic rings. The Bertz CT molecular complexity index is 807. The first-order valence-electron chi connectivity index (χ1n) is 8.87. The molecule has 1 aliphatic rings. The lowest BCUT2D eigenvalue weighted by Gasteiger charge is -2.43. The molecule has 0 spiro atoms. The standard InChI is InChI=1S/C17H22N8O4/c1-10(26)20-8-13-14(22-24-18)15(23-25-19)16(21-11(2)27)17(29-13)28-9-12-6-4-3-5-7-12/h3-7,13-17H,8-9H2,1-2H3,(H,20,26)(H,21,27)/t13-,14-,15+,16+,17-/m1/s1. The number of carbonyl (C=O) groups excluding carboxylic acids is 2. The van der Waals surface area contributed by atoms with Gasteiger partial charge in [0.25, 0.3) is 0 Å². The van der Waals surface area contributed by atoms with Gasteiger partial charge < -0.3 is 20.1 Å². The van der Waals surface area contributed by atoms with E-state index in [1.807, 2.05) is 30.3 Å². The van der Waals surface area contributed by atoms with Gasteiger partial charge in [-0.2, -0.15) is 0 Å². The van der Waals surface area contributed by atoms with Crippen LogP contribution in [0.25, 0.3) is 20.9 Å². The molecule has 154 valence electrons. The third-order valence-corrected chi connectivity index (χ3v) is 4.25. The molecule has 1 fully saturated rings. The molecule has 5 atom stereocenters. The average molecular weight is 402 g/mol. The molecule has 2 amide bonds. The van der Waals surface area contributed by atoms with Crippen LogP contribution in [0, 0.1) is 0 Å². The maximum Gasteiger partial charge on any atom is 0.217 e. The summed E-state index contributed by atoms with van der Waals surface area (Å²) in [6, 6.07) is 6.46. The summed E-state index contributed by atoms with van der Waals surface area (Å²) >= 11 is 0. The molecule has 1 aliphatic heterocycles. The normalized spacial score (nSPS) is 25.8. The summed E-state index contributed by atoms with van der Waals surface area (Å²) < 4.78 is 11.8. The van der Waals surface area contributed by atoms with E-state index in [0.29, 0.717) is 0 Å². The van der Waals surface area contributed by atoms with E-state index in [0.717, 1.165) is 5.56 Å². The highest BCUT2D eigenvalue weighted by Gasteiger charge is 2.46. The summed E-state index contributed by atoms with van der Waals surface area (Å²) in [6.07, 6.45) is -1.82. The molecule has 12 heteroatoms. The van der Waals surface area contributed by atoms with E-state index in [4.69, 9.17) is 20.5 Å². The number of hydrogen-bond donors (Lipinski definition) is 2. The summed E-state index contributed by atoms with van der Waals surface area (Å²) in [5, 5.41) is 12.7. The number of nitrogens with zero attached hydrogens (tertiary/aromatic N) is 6. The summed E-state index contributed by atoms with van der Waals surface area (Å²) in [7, 11) is 0. The second-order valence-electron chi connectivity index (χ2n) is 6.39. The van der Waals surface area contributed by atoms with Crippen LogP contribution in [0.5, 0.6) is 0 Å². The van der Waals surface area contributed by atoms with Crippen LogP contribution in [0.3, 0.4) is 0 Å². The van der Waals surface area contributed by atoms with Crippen molar-refractivity contribution >= 4 is 11.8 Å². The number of hydrogen-bond acceptors (Lipinski definition) is 6. The Balaban J connectivity index is 2.32. The Morgan fingerprint density at radius 1 is 1.10 bits per heavy atom. The van der Waals surface area contributed by atoms with Gasteiger partial charge in [-0.15, -0.1) is 0 Å². The SMILES string of the molecule is CC(=O)NC[C@H]1O[C@@H](OCc2ccccc2)[C@@H](NC(C)=O)[C@@H](N=[N+]=[N-])[C@@H]1N=[N+]=[N-]. The summed E-state index contributed by atoms with van der Waals surface area (Å²) in [5.74, 6) is -0.704. The summed E-state index contributed by atoms with van der Waals surface area (Å²) in [4.78, 5) is 28.7. The second kappa shape index (κ2) is 10.9. The van der Waals surface area contributed by atoms with E-state index in [9.17, 15) is 9.59 Å². The molecule has 1 aromatic carbocycles. The van der Waals surface area contributed by atoms with Gasteiger partial charge in [0.05, 0.1) is 30.8 Å². The molecule has 0 unspecified atom stereocenters. The fourth-order valence-electron chi connectivity index (χ4n) is 3.03. The van der Waals surface area contributed by atoms with Crippen molar-refractivity contribution in [2.24, 2.45) is 10.2 Å². The van der Waals surface area contributed by atoms with E-state index < -0.39 is 36.4 Å². The molecule has 0 radical (unpaired) electrons. The van der Waals surface area contributed by atoms with Crippen molar-refractivity contribution in [1.29, 1.82) is 0 Å². The summed E-state index contributed by atoms with van der Waals surface area (Å²) in [6.45, 7) is 2.81. The first kappa shape index (κ1) is 22.0. The Morgan fingerprint density at radius 2 is 1.76 bits per heavy atom. The Kier molecular flexibility index (Phi) is 8.26. The van der Waals surface area contributed by atoms with Crippen LogP contribution in [0.2, 0.25) is 0 Å². The molecule has 0 aliphatic carbocycles. The number of rotatable bonds is 8. The molecule has 12 nitrogen and oxygen atoms in total. The molecule has 0 aromatic heterocycles. The van der Waals surface area contributed by atoms with Crippen molar-refractivity contribution in [3.8, 4) is 0 Å². The third-order valence-electron chi connectivity index (χ3n) is 4.25. The molecule has 2 N–H and O–H groups in total. The van der Waals surface area contributed by atoms with Crippen molar-refractivity contribution in [3.63, 3.8) is 0 Å². The zero-order valence-corrected chi connectivity index (χ0v) is 16.0. The molecule has 1 heterocycles. The lowest BCUT2D eigenvalue weighted by atomic mass is 9.92. The minimum atomic E-state index is -1.00. The van der Waals surface area contributed by atoms with E-state index in [1.165, 1.54) is 13.8 Å². The minimum Gasteiger partial charge on any atom is -0.354 e. The van der Waals surface area contributed by atoms with Crippen LogP contribution in [0.15, 0.2) is 40.6 Å². The van der Waals surface area contributed by atoms with Gasteiger partial charge in [-0.25, -0.2) is 0 Å². The van der Waals surface area contributed by atoms with E-state index in [2.05, 4.69) is 30.7 Å². The molecule has 0 saturated carbocycles. The predicted molar refractivity (Wildman–Crippen MR) is 102 cm³/mol. The van der Waals surface area contributed by atoms with Crippen LogP contribution in [0.1, 0.15) is 19.4 Å². The highest BCUT2D eigenvalue weighted by molar-refractivity contribution is 5.73. The van der Waals surface area contributed by atoms with Crippen LogP contribution in [0.4, 0.5) is 0 Å². The van der Waals surface area contributed by atoms with E-state index >= 15 is 0 Å². The van der Waals surface area contributed by atoms with Crippen LogP contribution in [-0.4, -0.2) is 48.9 Å². The van der Waals surface area contributed by atoms with Crippen LogP contribution < -0.4 is 10.6 Å². The average Bonchev–Trinajstić information content (AvgIpc) is 2.69. The topological polar surface area (TPSA) is 174 Å². The van der Waals surface area contributed by atoms with Crippen molar-refractivity contribution in [2.45, 2.75) is 51.0 Å². The molecule has 1 saturated heterocycles. The largest absolute Gasteiger partial charge is 0.354 e. The first-order valence-corrected chi connectivity index (χ1v) is 8.87. The lowest BCUT2D eigenvalue weighted by Crippen LogP contribution is -2.64. The zero-order valence-electron chi connectivity index (χ0n) is 16.0. The van der Waals surface area contributed by atoms with Gasteiger partial charge >= 0.3 is 0 Å². The maximum absolute atomic E-state index is 11.7. The highest BCUT2D eigenvalue weighted by atomic mass is 16.7. The van der Waals surface area contributed by atoms with Crippen molar-refractivity contribution in [2.75, 3.05) is 6.54 Å². The fourth-order valence-corrected chi connectivity index (χ4v) is 3.03. The van der Waals surface area contributed by atoms with Gasteiger partial charge in [0.1, 0.15) is 0 Å². The zero-order chi connectivity index (χ0) is 21.2. The maximum atomic E-state index is 11.7. The Morgan fingerprint density at radius 3 is 2.34 bits per heavy atom. The second-order valence-corrected chi connectivity index (χ2v) is 6.39. The number of ether oxygens (including phenoxy) is 2. The van der Waals surface area contributed by atoms with Gasteiger partial charge in [0.15, 0.2) is 6.29 Å². The molecular formula is C17H22N8O4. The van der Waals surface area contributed by atoms with E-state index in [-0.39, 0.29) is 19.1 Å². The quantitative estimate of drug-likeness (QED) is 0.384. The monoisotopic (exact) mass is 402 g/mol. The van der Waals surface area contributed by atoms with Gasteiger partial charge in [0, 0.05) is 30.2 Å². The first-order chi connectivity index (χ1) is 14.0. The fraction of sp³-hybridized carbons (Fsp3) is 0.529. The van der Waals surface area contributed by atoms with Gasteiger partial charge in [-0.05, 0) is 16.6 Å². The Hall–Kier alpha value is -3.30. The Labute approximate surface area is 166 Å². The van der Waals surface area contributed by atoms with Gasteiger partial charge in [0.2, 0.25) is 11.8 Å². The smallest absolute Gasteiger partial charge is 0.217 e. The number of amides is 2. The van der Waals surface area contributed by atoms with E-state index in [1.54, 1.807) is 0 Å². The van der Waals surface area contributed by atoms with Crippen LogP contribution >= 0.6 is 0 Å². The van der Waals surface area contributed by atoms with Gasteiger partial charge in [-0.3, -0.25) is 9.59 Å². The lowest BCUT2D eigenvalue weighted by molar-refractivity contribution is -0.220. The third kappa shape index (κ3) is 6.37.